The van der Waals surface area contributed by atoms with Gasteiger partial charge >= 0.3 is 0 Å². The largest absolute Gasteiger partial charge is 0.352 e. The van der Waals surface area contributed by atoms with Crippen molar-refractivity contribution >= 4 is 11.8 Å². The van der Waals surface area contributed by atoms with Crippen LogP contribution in [0.4, 0.5) is 0 Å². The van der Waals surface area contributed by atoms with Crippen LogP contribution in [0.25, 0.3) is 0 Å². The summed E-state index contributed by atoms with van der Waals surface area (Å²) in [5.74, 6) is 0.815. The van der Waals surface area contributed by atoms with Gasteiger partial charge in [0.1, 0.15) is 0 Å². The number of aromatic nitrogens is 4. The number of aryl methyl sites for hydroxylation is 2. The van der Waals surface area contributed by atoms with Crippen molar-refractivity contribution in [2.75, 3.05) is 13.1 Å². The van der Waals surface area contributed by atoms with E-state index in [1.165, 1.54) is 6.42 Å². The third-order valence-electron chi connectivity index (χ3n) is 8.02. The molecular formula is C28H35N7O2. The minimum atomic E-state index is -0.761. The summed E-state index contributed by atoms with van der Waals surface area (Å²) in [5.41, 5.74) is 11.6. The summed E-state index contributed by atoms with van der Waals surface area (Å²) in [7, 11) is 0. The summed E-state index contributed by atoms with van der Waals surface area (Å²) < 4.78 is 0. The SMILES string of the molecule is CCNC(=O)c1ccc2c(c1)CCc1cc(C(=O)NCC)ccc1C2(C[C@@H](N)C1CCC1)c1nn[nH]n1. The summed E-state index contributed by atoms with van der Waals surface area (Å²) in [6.07, 6.45) is 5.48. The smallest absolute Gasteiger partial charge is 0.251 e. The van der Waals surface area contributed by atoms with Crippen LogP contribution in [0.2, 0.25) is 0 Å². The van der Waals surface area contributed by atoms with Crippen molar-refractivity contribution in [2.24, 2.45) is 11.7 Å². The number of carbonyl (C=O) groups excluding carboxylic acids is 2. The zero-order valence-corrected chi connectivity index (χ0v) is 21.5. The third-order valence-corrected chi connectivity index (χ3v) is 8.02. The number of rotatable bonds is 8. The Hall–Kier alpha value is -3.59. The van der Waals surface area contributed by atoms with Crippen LogP contribution in [-0.4, -0.2) is 51.6 Å². The lowest BCUT2D eigenvalue weighted by Crippen LogP contribution is -2.44. The maximum absolute atomic E-state index is 12.7. The summed E-state index contributed by atoms with van der Waals surface area (Å²) in [6, 6.07) is 11.7. The number of carbonyl (C=O) groups is 2. The molecule has 0 saturated heterocycles. The van der Waals surface area contributed by atoms with Crippen molar-refractivity contribution in [3.63, 3.8) is 0 Å². The highest BCUT2D eigenvalue weighted by Crippen LogP contribution is 2.48. The first-order valence-electron chi connectivity index (χ1n) is 13.3. The monoisotopic (exact) mass is 501 g/mol. The molecule has 2 amide bonds. The summed E-state index contributed by atoms with van der Waals surface area (Å²) >= 11 is 0. The molecule has 1 atom stereocenters. The van der Waals surface area contributed by atoms with E-state index in [4.69, 9.17) is 5.73 Å². The number of H-pyrrole nitrogens is 1. The molecule has 37 heavy (non-hydrogen) atoms. The highest BCUT2D eigenvalue weighted by atomic mass is 16.2. The van der Waals surface area contributed by atoms with Crippen molar-refractivity contribution in [3.05, 3.63) is 75.6 Å². The third kappa shape index (κ3) is 4.52. The van der Waals surface area contributed by atoms with E-state index in [0.717, 1.165) is 35.1 Å². The Kier molecular flexibility index (Phi) is 7.06. The maximum Gasteiger partial charge on any atom is 0.251 e. The number of benzene rings is 2. The van der Waals surface area contributed by atoms with Gasteiger partial charge in [-0.05, 0) is 98.4 Å². The zero-order chi connectivity index (χ0) is 26.0. The first-order chi connectivity index (χ1) is 18.0. The predicted octanol–water partition coefficient (Wildman–Crippen LogP) is 2.65. The van der Waals surface area contributed by atoms with Crippen LogP contribution in [0.3, 0.4) is 0 Å². The number of tetrazole rings is 1. The van der Waals surface area contributed by atoms with Crippen LogP contribution in [-0.2, 0) is 18.3 Å². The molecule has 1 heterocycles. The number of hydrogen-bond acceptors (Lipinski definition) is 6. The Morgan fingerprint density at radius 1 is 1.00 bits per heavy atom. The molecule has 5 N–H and O–H groups in total. The van der Waals surface area contributed by atoms with E-state index in [-0.39, 0.29) is 17.9 Å². The Morgan fingerprint density at radius 3 is 2.00 bits per heavy atom. The molecule has 1 aromatic heterocycles. The van der Waals surface area contributed by atoms with Gasteiger partial charge in [-0.25, -0.2) is 0 Å². The second-order valence-corrected chi connectivity index (χ2v) is 10.2. The molecule has 0 radical (unpaired) electrons. The molecule has 2 aliphatic carbocycles. The Morgan fingerprint density at radius 2 is 1.57 bits per heavy atom. The van der Waals surface area contributed by atoms with Gasteiger partial charge < -0.3 is 16.4 Å². The van der Waals surface area contributed by atoms with Gasteiger partial charge in [0, 0.05) is 30.3 Å². The molecule has 3 aromatic rings. The lowest BCUT2D eigenvalue weighted by Gasteiger charge is -2.40. The summed E-state index contributed by atoms with van der Waals surface area (Å²) in [6.45, 7) is 4.95. The highest BCUT2D eigenvalue weighted by Gasteiger charge is 2.47. The number of nitrogens with two attached hydrogens (primary N) is 1. The molecular weight excluding hydrogens is 466 g/mol. The molecule has 0 bridgehead atoms. The van der Waals surface area contributed by atoms with Crippen molar-refractivity contribution < 1.29 is 9.59 Å². The van der Waals surface area contributed by atoms with E-state index >= 15 is 0 Å². The van der Waals surface area contributed by atoms with Crippen LogP contribution in [0.5, 0.6) is 0 Å². The van der Waals surface area contributed by atoms with Crippen molar-refractivity contribution in [1.29, 1.82) is 0 Å². The van der Waals surface area contributed by atoms with Gasteiger partial charge in [-0.2, -0.15) is 5.21 Å². The van der Waals surface area contributed by atoms with E-state index in [1.54, 1.807) is 0 Å². The highest BCUT2D eigenvalue weighted by molar-refractivity contribution is 5.95. The van der Waals surface area contributed by atoms with Gasteiger partial charge in [0.25, 0.3) is 11.8 Å². The second kappa shape index (κ2) is 10.4. The van der Waals surface area contributed by atoms with Gasteiger partial charge in [0.15, 0.2) is 5.82 Å². The lowest BCUT2D eigenvalue weighted by atomic mass is 9.64. The molecule has 0 unspecified atom stereocenters. The van der Waals surface area contributed by atoms with E-state index < -0.39 is 5.41 Å². The maximum atomic E-state index is 12.7. The van der Waals surface area contributed by atoms with Gasteiger partial charge in [-0.15, -0.1) is 10.2 Å². The predicted molar refractivity (Wildman–Crippen MR) is 140 cm³/mol. The zero-order valence-electron chi connectivity index (χ0n) is 21.5. The Balaban J connectivity index is 1.72. The number of hydrogen-bond donors (Lipinski definition) is 4. The number of nitrogens with one attached hydrogen (secondary N) is 3. The number of amides is 2. The van der Waals surface area contributed by atoms with Crippen LogP contribution < -0.4 is 16.4 Å². The molecule has 9 nitrogen and oxygen atoms in total. The fourth-order valence-corrected chi connectivity index (χ4v) is 5.94. The standard InChI is InChI=1S/C28H35N7O2/c1-3-30-25(36)20-10-12-22-18(14-20)8-9-19-15-21(26(37)31-4-2)11-13-23(19)28(22,27-32-34-35-33-27)16-24(29)17-6-5-7-17/h10-15,17,24H,3-9,16,29H2,1-2H3,(H,30,36)(H,31,37)(H,32,33,34,35)/t24-/m1/s1. The molecule has 2 aliphatic rings. The van der Waals surface area contributed by atoms with E-state index in [9.17, 15) is 9.59 Å². The molecule has 1 fully saturated rings. The van der Waals surface area contributed by atoms with Crippen molar-refractivity contribution in [1.82, 2.24) is 31.3 Å². The fraction of sp³-hybridized carbons (Fsp3) is 0.464. The molecule has 5 rings (SSSR count). The number of aromatic amines is 1. The minimum Gasteiger partial charge on any atom is -0.352 e. The number of fused-ring (bicyclic) bond motifs is 2. The van der Waals surface area contributed by atoms with Crippen LogP contribution >= 0.6 is 0 Å². The van der Waals surface area contributed by atoms with Crippen molar-refractivity contribution in [2.45, 2.75) is 63.8 Å². The minimum absolute atomic E-state index is 0.0582. The second-order valence-electron chi connectivity index (χ2n) is 10.2. The van der Waals surface area contributed by atoms with Crippen LogP contribution in [0, 0.1) is 5.92 Å². The van der Waals surface area contributed by atoms with Gasteiger partial charge in [-0.3, -0.25) is 9.59 Å². The van der Waals surface area contributed by atoms with Gasteiger partial charge in [0.2, 0.25) is 0 Å². The van der Waals surface area contributed by atoms with Crippen LogP contribution in [0.15, 0.2) is 36.4 Å². The molecule has 2 aromatic carbocycles. The Bertz CT molecular complexity index is 1210. The van der Waals surface area contributed by atoms with Crippen molar-refractivity contribution in [3.8, 4) is 0 Å². The normalized spacial score (nSPS) is 17.1. The fourth-order valence-electron chi connectivity index (χ4n) is 5.94. The molecule has 1 saturated carbocycles. The van der Waals surface area contributed by atoms with Gasteiger partial charge in [-0.1, -0.05) is 23.8 Å². The molecule has 0 aliphatic heterocycles. The quantitative estimate of drug-likeness (QED) is 0.374. The summed E-state index contributed by atoms with van der Waals surface area (Å²) in [4.78, 5) is 25.4. The topological polar surface area (TPSA) is 139 Å². The van der Waals surface area contributed by atoms with Gasteiger partial charge in [0.05, 0.1) is 5.41 Å². The van der Waals surface area contributed by atoms with Crippen LogP contribution in [0.1, 0.15) is 88.3 Å². The summed E-state index contributed by atoms with van der Waals surface area (Å²) in [5, 5.41) is 21.4. The number of nitrogens with zero attached hydrogens (tertiary/aromatic N) is 3. The van der Waals surface area contributed by atoms with E-state index in [0.29, 0.717) is 55.2 Å². The Labute approximate surface area is 217 Å². The van der Waals surface area contributed by atoms with E-state index in [1.807, 2.05) is 50.2 Å². The lowest BCUT2D eigenvalue weighted by molar-refractivity contribution is 0.0947. The average molecular weight is 502 g/mol. The first kappa shape index (κ1) is 25.1. The molecule has 9 heteroatoms. The first-order valence-corrected chi connectivity index (χ1v) is 13.3. The van der Waals surface area contributed by atoms with E-state index in [2.05, 4.69) is 31.3 Å². The molecule has 0 spiro atoms. The molecule has 194 valence electrons. The average Bonchev–Trinajstić information content (AvgIpc) is 3.36.